The fourth-order valence-electron chi connectivity index (χ4n) is 7.78. The molecule has 1 fully saturated rings. The number of nitrogens with zero attached hydrogens (tertiary/aromatic N) is 2. The second-order valence-electron chi connectivity index (χ2n) is 11.3. The number of hydrogen-bond acceptors (Lipinski definition) is 4. The van der Waals surface area contributed by atoms with Crippen LogP contribution in [0.25, 0.3) is 11.1 Å². The van der Waals surface area contributed by atoms with Crippen LogP contribution < -0.4 is 0 Å². The van der Waals surface area contributed by atoms with Gasteiger partial charge in [-0.2, -0.15) is 0 Å². The second kappa shape index (κ2) is 10.4. The molecule has 1 aromatic heterocycles. The third kappa shape index (κ3) is 4.23. The molecular weight excluding hydrogens is 484 g/mol. The molecule has 2 heterocycles. The van der Waals surface area contributed by atoms with Gasteiger partial charge in [-0.15, -0.1) is 11.3 Å². The van der Waals surface area contributed by atoms with Crippen molar-refractivity contribution in [1.29, 1.82) is 0 Å². The molecule has 0 N–H and O–H groups in total. The molecule has 194 valence electrons. The molecule has 4 unspecified atom stereocenters. The van der Waals surface area contributed by atoms with Crippen LogP contribution in [-0.2, 0) is 24.0 Å². The lowest BCUT2D eigenvalue weighted by atomic mass is 9.63. The van der Waals surface area contributed by atoms with E-state index in [0.717, 1.165) is 32.7 Å². The van der Waals surface area contributed by atoms with Crippen molar-refractivity contribution in [3.05, 3.63) is 111 Å². The van der Waals surface area contributed by atoms with Crippen molar-refractivity contribution in [2.45, 2.75) is 43.4 Å². The maximum Gasteiger partial charge on any atom is 0.0972 e. The summed E-state index contributed by atoms with van der Waals surface area (Å²) in [5, 5.41) is 3.46. The predicted octanol–water partition coefficient (Wildman–Crippen LogP) is 7.08. The molecule has 0 amide bonds. The SMILES string of the molecule is COCCN1CC(c2nccs2)C(C2c3ccc4c(c3CCC2c2ccccc2)CCc2ccccc2-4)C1. The largest absolute Gasteiger partial charge is 0.383 e. The molecule has 2 aliphatic carbocycles. The summed E-state index contributed by atoms with van der Waals surface area (Å²) in [6.07, 6.45) is 6.71. The highest BCUT2D eigenvalue weighted by molar-refractivity contribution is 7.09. The van der Waals surface area contributed by atoms with Crippen LogP contribution >= 0.6 is 11.3 Å². The van der Waals surface area contributed by atoms with E-state index in [-0.39, 0.29) is 0 Å². The number of methoxy groups -OCH3 is 1. The van der Waals surface area contributed by atoms with Crippen LogP contribution in [0.2, 0.25) is 0 Å². The summed E-state index contributed by atoms with van der Waals surface area (Å²) in [6, 6.07) is 25.4. The smallest absolute Gasteiger partial charge is 0.0972 e. The highest BCUT2D eigenvalue weighted by Crippen LogP contribution is 2.54. The van der Waals surface area contributed by atoms with E-state index in [4.69, 9.17) is 9.72 Å². The number of thiazole rings is 1. The summed E-state index contributed by atoms with van der Waals surface area (Å²) in [5.41, 5.74) is 10.8. The van der Waals surface area contributed by atoms with Crippen LogP contribution in [0.15, 0.2) is 78.3 Å². The van der Waals surface area contributed by atoms with Gasteiger partial charge in [0, 0.05) is 44.2 Å². The third-order valence-electron chi connectivity index (χ3n) is 9.43. The molecule has 3 nitrogen and oxygen atoms in total. The highest BCUT2D eigenvalue weighted by Gasteiger charge is 2.46. The molecule has 0 saturated carbocycles. The zero-order valence-electron chi connectivity index (χ0n) is 22.2. The second-order valence-corrected chi connectivity index (χ2v) is 12.2. The van der Waals surface area contributed by atoms with Crippen LogP contribution in [0.3, 0.4) is 0 Å². The third-order valence-corrected chi connectivity index (χ3v) is 10.3. The number of likely N-dealkylation sites (tertiary alicyclic amines) is 1. The van der Waals surface area contributed by atoms with Crippen LogP contribution in [-0.4, -0.2) is 43.2 Å². The Bertz CT molecular complexity index is 1400. The number of hydrogen-bond donors (Lipinski definition) is 0. The number of aromatic nitrogens is 1. The lowest BCUT2D eigenvalue weighted by molar-refractivity contribution is 0.157. The maximum absolute atomic E-state index is 5.49. The monoisotopic (exact) mass is 520 g/mol. The summed E-state index contributed by atoms with van der Waals surface area (Å²) in [7, 11) is 1.82. The van der Waals surface area contributed by atoms with Crippen LogP contribution in [0, 0.1) is 5.92 Å². The van der Waals surface area contributed by atoms with E-state index < -0.39 is 0 Å². The van der Waals surface area contributed by atoms with Crippen molar-refractivity contribution >= 4 is 11.3 Å². The Kier molecular flexibility index (Phi) is 6.65. The predicted molar refractivity (Wildman–Crippen MR) is 156 cm³/mol. The van der Waals surface area contributed by atoms with Crippen LogP contribution in [0.1, 0.15) is 57.0 Å². The molecule has 0 radical (unpaired) electrons. The number of ether oxygens (including phenoxy) is 1. The number of fused-ring (bicyclic) bond motifs is 5. The van der Waals surface area contributed by atoms with E-state index in [1.807, 2.05) is 24.6 Å². The first-order valence-electron chi connectivity index (χ1n) is 14.2. The van der Waals surface area contributed by atoms with Gasteiger partial charge >= 0.3 is 0 Å². The minimum atomic E-state index is 0.464. The zero-order chi connectivity index (χ0) is 25.5. The molecule has 1 saturated heterocycles. The maximum atomic E-state index is 5.49. The lowest BCUT2D eigenvalue weighted by Gasteiger charge is -2.41. The Hall–Kier alpha value is -2.79. The van der Waals surface area contributed by atoms with E-state index in [2.05, 4.69) is 77.0 Å². The summed E-state index contributed by atoms with van der Waals surface area (Å²) < 4.78 is 5.49. The normalized spacial score (nSPS) is 24.6. The number of benzene rings is 3. The van der Waals surface area contributed by atoms with E-state index in [9.17, 15) is 0 Å². The summed E-state index contributed by atoms with van der Waals surface area (Å²) in [6.45, 7) is 3.97. The molecule has 4 heteroatoms. The summed E-state index contributed by atoms with van der Waals surface area (Å²) in [4.78, 5) is 7.50. The average Bonchev–Trinajstić information content (AvgIpc) is 3.66. The molecule has 4 atom stereocenters. The van der Waals surface area contributed by atoms with E-state index in [0.29, 0.717) is 23.7 Å². The molecule has 1 aliphatic heterocycles. The first kappa shape index (κ1) is 24.3. The molecule has 3 aromatic carbocycles. The van der Waals surface area contributed by atoms with Gasteiger partial charge in [0.05, 0.1) is 11.6 Å². The highest BCUT2D eigenvalue weighted by atomic mass is 32.1. The molecule has 3 aliphatic rings. The Labute approximate surface area is 230 Å². The van der Waals surface area contributed by atoms with Gasteiger partial charge in [0.2, 0.25) is 0 Å². The zero-order valence-corrected chi connectivity index (χ0v) is 23.0. The van der Waals surface area contributed by atoms with Crippen molar-refractivity contribution in [1.82, 2.24) is 9.88 Å². The van der Waals surface area contributed by atoms with Gasteiger partial charge in [0.15, 0.2) is 0 Å². The summed E-state index contributed by atoms with van der Waals surface area (Å²) in [5.74, 6) is 2.03. The minimum absolute atomic E-state index is 0.464. The Morgan fingerprint density at radius 2 is 1.74 bits per heavy atom. The Morgan fingerprint density at radius 1 is 0.868 bits per heavy atom. The minimum Gasteiger partial charge on any atom is -0.383 e. The standard InChI is InChI=1S/C34H36N2OS/c1-37-19-18-36-21-31(32(22-36)34-35-17-20-38-34)33-26(23-7-3-2-4-8-23)13-14-29-28-12-11-24-9-5-6-10-25(24)27(28)15-16-30(29)33/h2-10,15-17,20,26,31-33H,11-14,18-19,21-22H2,1H3. The van der Waals surface area contributed by atoms with Crippen molar-refractivity contribution in [2.75, 3.05) is 33.4 Å². The fraction of sp³-hybridized carbons (Fsp3) is 0.382. The van der Waals surface area contributed by atoms with E-state index in [1.165, 1.54) is 46.5 Å². The first-order valence-corrected chi connectivity index (χ1v) is 15.1. The number of aryl methyl sites for hydroxylation is 1. The van der Waals surface area contributed by atoms with Gasteiger partial charge in [-0.1, -0.05) is 66.7 Å². The van der Waals surface area contributed by atoms with Gasteiger partial charge < -0.3 is 9.64 Å². The van der Waals surface area contributed by atoms with Crippen molar-refractivity contribution in [3.8, 4) is 11.1 Å². The van der Waals surface area contributed by atoms with Gasteiger partial charge in [-0.25, -0.2) is 4.98 Å². The molecule has 0 bridgehead atoms. The van der Waals surface area contributed by atoms with Gasteiger partial charge in [-0.05, 0) is 82.4 Å². The van der Waals surface area contributed by atoms with E-state index >= 15 is 0 Å². The molecule has 7 rings (SSSR count). The van der Waals surface area contributed by atoms with Gasteiger partial charge in [-0.3, -0.25) is 0 Å². The van der Waals surface area contributed by atoms with Gasteiger partial charge in [0.25, 0.3) is 0 Å². The Morgan fingerprint density at radius 3 is 2.58 bits per heavy atom. The number of rotatable bonds is 6. The summed E-state index contributed by atoms with van der Waals surface area (Å²) >= 11 is 1.84. The van der Waals surface area contributed by atoms with E-state index in [1.54, 1.807) is 16.7 Å². The Balaban J connectivity index is 1.35. The first-order chi connectivity index (χ1) is 18.8. The van der Waals surface area contributed by atoms with Crippen LogP contribution in [0.5, 0.6) is 0 Å². The van der Waals surface area contributed by atoms with Crippen molar-refractivity contribution in [3.63, 3.8) is 0 Å². The van der Waals surface area contributed by atoms with Crippen molar-refractivity contribution < 1.29 is 4.74 Å². The van der Waals surface area contributed by atoms with Gasteiger partial charge in [0.1, 0.15) is 0 Å². The lowest BCUT2D eigenvalue weighted by Crippen LogP contribution is -2.31. The molecule has 38 heavy (non-hydrogen) atoms. The average molecular weight is 521 g/mol. The molecule has 4 aromatic rings. The topological polar surface area (TPSA) is 25.4 Å². The fourth-order valence-corrected chi connectivity index (χ4v) is 8.58. The van der Waals surface area contributed by atoms with Crippen LogP contribution in [0.4, 0.5) is 0 Å². The van der Waals surface area contributed by atoms with Crippen molar-refractivity contribution in [2.24, 2.45) is 5.92 Å². The molecular formula is C34H36N2OS. The molecule has 0 spiro atoms. The quantitative estimate of drug-likeness (QED) is 0.272.